The quantitative estimate of drug-likeness (QED) is 0.593. The lowest BCUT2D eigenvalue weighted by atomic mass is 9.88. The van der Waals surface area contributed by atoms with Crippen molar-refractivity contribution >= 4 is 17.7 Å². The summed E-state index contributed by atoms with van der Waals surface area (Å²) in [6.45, 7) is 4.62. The summed E-state index contributed by atoms with van der Waals surface area (Å²) in [4.78, 5) is 10.7. The van der Waals surface area contributed by atoms with Crippen molar-refractivity contribution in [2.75, 3.05) is 31.6 Å². The van der Waals surface area contributed by atoms with Crippen molar-refractivity contribution in [3.05, 3.63) is 0 Å². The number of hydrogen-bond acceptors (Lipinski definition) is 4. The van der Waals surface area contributed by atoms with E-state index < -0.39 is 5.97 Å². The average molecular weight is 232 g/mol. The molecule has 0 spiro atoms. The number of nitrogens with one attached hydrogen (secondary N) is 2. The van der Waals surface area contributed by atoms with Gasteiger partial charge in [-0.1, -0.05) is 6.92 Å². The zero-order valence-corrected chi connectivity index (χ0v) is 10.2. The van der Waals surface area contributed by atoms with Gasteiger partial charge in [-0.3, -0.25) is 4.79 Å². The number of carbonyl (C=O) groups is 1. The van der Waals surface area contributed by atoms with E-state index in [1.807, 2.05) is 11.8 Å². The normalized spacial score (nSPS) is 20.7. The van der Waals surface area contributed by atoms with Gasteiger partial charge in [0.1, 0.15) is 0 Å². The molecule has 1 saturated heterocycles. The van der Waals surface area contributed by atoms with Gasteiger partial charge in [-0.15, -0.1) is 0 Å². The van der Waals surface area contributed by atoms with Crippen molar-refractivity contribution in [3.63, 3.8) is 0 Å². The van der Waals surface area contributed by atoms with Crippen LogP contribution in [0.15, 0.2) is 0 Å². The van der Waals surface area contributed by atoms with E-state index in [-0.39, 0.29) is 12.0 Å². The van der Waals surface area contributed by atoms with Gasteiger partial charge in [0.2, 0.25) is 0 Å². The molecule has 5 heteroatoms. The van der Waals surface area contributed by atoms with Crippen LogP contribution in [0, 0.1) is 5.92 Å². The fourth-order valence-electron chi connectivity index (χ4n) is 1.76. The van der Waals surface area contributed by atoms with Gasteiger partial charge >= 0.3 is 5.97 Å². The highest BCUT2D eigenvalue weighted by atomic mass is 32.2. The van der Waals surface area contributed by atoms with Crippen molar-refractivity contribution < 1.29 is 9.90 Å². The van der Waals surface area contributed by atoms with Crippen LogP contribution in [0.4, 0.5) is 0 Å². The molecule has 0 aromatic rings. The number of thioether (sulfide) groups is 1. The lowest BCUT2D eigenvalue weighted by Gasteiger charge is -2.43. The van der Waals surface area contributed by atoms with Crippen molar-refractivity contribution in [1.82, 2.24) is 10.6 Å². The largest absolute Gasteiger partial charge is 0.481 e. The van der Waals surface area contributed by atoms with Crippen LogP contribution in [0.25, 0.3) is 0 Å². The molecule has 0 amide bonds. The Balaban J connectivity index is 2.30. The van der Waals surface area contributed by atoms with E-state index in [0.29, 0.717) is 5.92 Å². The average Bonchev–Trinajstić information content (AvgIpc) is 2.09. The topological polar surface area (TPSA) is 61.4 Å². The Morgan fingerprint density at radius 1 is 1.67 bits per heavy atom. The van der Waals surface area contributed by atoms with E-state index >= 15 is 0 Å². The molecule has 3 N–H and O–H groups in total. The third kappa shape index (κ3) is 4.01. The maximum absolute atomic E-state index is 10.7. The van der Waals surface area contributed by atoms with Crippen LogP contribution in [-0.2, 0) is 4.79 Å². The summed E-state index contributed by atoms with van der Waals surface area (Å²) < 4.78 is 0. The number of aliphatic carboxylic acids is 1. The molecule has 1 rings (SSSR count). The second kappa shape index (κ2) is 5.72. The van der Waals surface area contributed by atoms with Gasteiger partial charge in [-0.2, -0.15) is 11.8 Å². The van der Waals surface area contributed by atoms with Crippen LogP contribution in [0.3, 0.4) is 0 Å². The fraction of sp³-hybridized carbons (Fsp3) is 0.900. The minimum atomic E-state index is -0.721. The SMILES string of the molecule is CSCC(C)CNC1(CC(=O)O)CNC1. The monoisotopic (exact) mass is 232 g/mol. The molecule has 0 aliphatic carbocycles. The Hall–Kier alpha value is -0.260. The van der Waals surface area contributed by atoms with E-state index in [1.54, 1.807) is 0 Å². The molecule has 0 aromatic carbocycles. The Labute approximate surface area is 95.2 Å². The van der Waals surface area contributed by atoms with Crippen molar-refractivity contribution in [3.8, 4) is 0 Å². The number of carboxylic acids is 1. The Morgan fingerprint density at radius 3 is 2.73 bits per heavy atom. The molecule has 1 unspecified atom stereocenters. The molecular weight excluding hydrogens is 212 g/mol. The predicted molar refractivity (Wildman–Crippen MR) is 63.4 cm³/mol. The lowest BCUT2D eigenvalue weighted by molar-refractivity contribution is -0.139. The summed E-state index contributed by atoms with van der Waals surface area (Å²) in [6.07, 6.45) is 2.31. The van der Waals surface area contributed by atoms with Gasteiger partial charge in [-0.25, -0.2) is 0 Å². The van der Waals surface area contributed by atoms with Gasteiger partial charge in [-0.05, 0) is 24.5 Å². The molecule has 1 atom stereocenters. The van der Waals surface area contributed by atoms with Crippen LogP contribution in [-0.4, -0.2) is 48.3 Å². The minimum absolute atomic E-state index is 0.196. The molecule has 1 aliphatic heterocycles. The van der Waals surface area contributed by atoms with E-state index in [2.05, 4.69) is 23.8 Å². The lowest BCUT2D eigenvalue weighted by Crippen LogP contribution is -2.69. The zero-order chi connectivity index (χ0) is 11.3. The molecule has 1 heterocycles. The summed E-state index contributed by atoms with van der Waals surface area (Å²) in [5, 5.41) is 15.3. The van der Waals surface area contributed by atoms with Crippen LogP contribution in [0.5, 0.6) is 0 Å². The smallest absolute Gasteiger partial charge is 0.305 e. The Bertz CT molecular complexity index is 219. The molecule has 4 nitrogen and oxygen atoms in total. The highest BCUT2D eigenvalue weighted by Crippen LogP contribution is 2.16. The number of rotatable bonds is 7. The summed E-state index contributed by atoms with van der Waals surface area (Å²) in [5.41, 5.74) is -0.196. The maximum Gasteiger partial charge on any atom is 0.305 e. The first kappa shape index (κ1) is 12.8. The third-order valence-electron chi connectivity index (χ3n) is 2.69. The van der Waals surface area contributed by atoms with Crippen LogP contribution < -0.4 is 10.6 Å². The van der Waals surface area contributed by atoms with Crippen molar-refractivity contribution in [2.45, 2.75) is 18.9 Å². The summed E-state index contributed by atoms with van der Waals surface area (Å²) in [7, 11) is 0. The van der Waals surface area contributed by atoms with Gasteiger partial charge in [0.15, 0.2) is 0 Å². The van der Waals surface area contributed by atoms with E-state index in [4.69, 9.17) is 5.11 Å². The van der Waals surface area contributed by atoms with Crippen molar-refractivity contribution in [2.24, 2.45) is 5.92 Å². The molecule has 15 heavy (non-hydrogen) atoms. The van der Waals surface area contributed by atoms with E-state index in [9.17, 15) is 4.79 Å². The number of carboxylic acid groups (broad SMARTS) is 1. The Kier molecular flexibility index (Phi) is 4.89. The van der Waals surface area contributed by atoms with Crippen LogP contribution in [0.2, 0.25) is 0 Å². The molecule has 0 radical (unpaired) electrons. The standard InChI is InChI=1S/C10H20N2O2S/c1-8(5-15-2)4-12-10(3-9(13)14)6-11-7-10/h8,11-12H,3-7H2,1-2H3,(H,13,14). The zero-order valence-electron chi connectivity index (χ0n) is 9.38. The minimum Gasteiger partial charge on any atom is -0.481 e. The number of hydrogen-bond donors (Lipinski definition) is 3. The third-order valence-corrected chi connectivity index (χ3v) is 3.60. The van der Waals surface area contributed by atoms with Crippen LogP contribution >= 0.6 is 11.8 Å². The van der Waals surface area contributed by atoms with Gasteiger partial charge < -0.3 is 15.7 Å². The summed E-state index contributed by atoms with van der Waals surface area (Å²) >= 11 is 1.83. The predicted octanol–water partition coefficient (Wildman–Crippen LogP) is 0.392. The second-order valence-electron chi connectivity index (χ2n) is 4.40. The second-order valence-corrected chi connectivity index (χ2v) is 5.31. The Morgan fingerprint density at radius 2 is 2.33 bits per heavy atom. The molecule has 88 valence electrons. The van der Waals surface area contributed by atoms with E-state index in [0.717, 1.165) is 25.4 Å². The molecule has 1 aliphatic rings. The van der Waals surface area contributed by atoms with Gasteiger partial charge in [0, 0.05) is 13.1 Å². The van der Waals surface area contributed by atoms with Crippen LogP contribution in [0.1, 0.15) is 13.3 Å². The first-order chi connectivity index (χ1) is 7.08. The first-order valence-electron chi connectivity index (χ1n) is 5.24. The highest BCUT2D eigenvalue weighted by molar-refractivity contribution is 7.98. The molecule has 0 bridgehead atoms. The first-order valence-corrected chi connectivity index (χ1v) is 6.64. The van der Waals surface area contributed by atoms with Gasteiger partial charge in [0.25, 0.3) is 0 Å². The summed E-state index contributed by atoms with van der Waals surface area (Å²) in [5.74, 6) is 0.983. The van der Waals surface area contributed by atoms with E-state index in [1.165, 1.54) is 0 Å². The van der Waals surface area contributed by atoms with Gasteiger partial charge in [0.05, 0.1) is 12.0 Å². The maximum atomic E-state index is 10.7. The highest BCUT2D eigenvalue weighted by Gasteiger charge is 2.38. The fourth-order valence-corrected chi connectivity index (χ4v) is 2.45. The molecule has 0 aromatic heterocycles. The molecule has 0 saturated carbocycles. The van der Waals surface area contributed by atoms with Crippen molar-refractivity contribution in [1.29, 1.82) is 0 Å². The molecular formula is C10H20N2O2S. The summed E-state index contributed by atoms with van der Waals surface area (Å²) in [6, 6.07) is 0. The molecule has 1 fully saturated rings.